The van der Waals surface area contributed by atoms with Gasteiger partial charge < -0.3 is 14.2 Å². The van der Waals surface area contributed by atoms with Crippen molar-refractivity contribution in [1.29, 1.82) is 5.41 Å². The van der Waals surface area contributed by atoms with Gasteiger partial charge in [-0.2, -0.15) is 0 Å². The first kappa shape index (κ1) is 23.8. The minimum Gasteiger partial charge on any atom is -0.495 e. The molecule has 0 spiro atoms. The van der Waals surface area contributed by atoms with Crippen molar-refractivity contribution in [2.75, 3.05) is 13.7 Å². The highest BCUT2D eigenvalue weighted by atomic mass is 19.1. The number of carbonyl (C=O) groups excluding carboxylic acids is 1. The van der Waals surface area contributed by atoms with Crippen LogP contribution in [0.5, 0.6) is 5.75 Å². The second-order valence-electron chi connectivity index (χ2n) is 9.67. The lowest BCUT2D eigenvalue weighted by Crippen LogP contribution is -2.62. The first-order chi connectivity index (χ1) is 17.2. The molecule has 2 fully saturated rings. The molecule has 2 aromatic carbocycles. The lowest BCUT2D eigenvalue weighted by molar-refractivity contribution is -0.128. The standard InChI is InChI=1S/C28H30FN5O2/c1-18-16-32(17-31-18)24-11-6-20(15-25(24)36-4)14-23-26(35)34(19(2)21-7-9-22(29)10-8-21)27(30)33-13-5-12-28(23,33)3/h6-11,14-17,19,30H,5,12-13H2,1-4H3. The number of halogens is 1. The monoisotopic (exact) mass is 487 g/mol. The maximum absolute atomic E-state index is 14.0. The molecule has 1 amide bonds. The first-order valence-electron chi connectivity index (χ1n) is 12.1. The number of hydrogen-bond donors (Lipinski definition) is 1. The Morgan fingerprint density at radius 1 is 1.22 bits per heavy atom. The van der Waals surface area contributed by atoms with Crippen LogP contribution in [0, 0.1) is 18.2 Å². The Morgan fingerprint density at radius 3 is 2.64 bits per heavy atom. The number of nitrogens with zero attached hydrogens (tertiary/aromatic N) is 4. The van der Waals surface area contributed by atoms with Gasteiger partial charge in [-0.3, -0.25) is 15.1 Å². The zero-order valence-corrected chi connectivity index (χ0v) is 21.0. The third kappa shape index (κ3) is 3.86. The maximum Gasteiger partial charge on any atom is 0.259 e. The van der Waals surface area contributed by atoms with Crippen LogP contribution in [-0.2, 0) is 4.79 Å². The van der Waals surface area contributed by atoms with Crippen molar-refractivity contribution in [3.8, 4) is 11.4 Å². The molecule has 0 bridgehead atoms. The number of nitrogens with one attached hydrogen (secondary N) is 1. The minimum absolute atomic E-state index is 0.192. The normalized spacial score (nSPS) is 21.8. The van der Waals surface area contributed by atoms with Gasteiger partial charge in [0.2, 0.25) is 5.96 Å². The molecule has 3 aromatic rings. The highest BCUT2D eigenvalue weighted by molar-refractivity contribution is 6.12. The van der Waals surface area contributed by atoms with E-state index in [1.807, 2.05) is 60.7 Å². The Labute approximate surface area is 210 Å². The van der Waals surface area contributed by atoms with Crippen LogP contribution in [0.15, 0.2) is 60.6 Å². The predicted molar refractivity (Wildman–Crippen MR) is 137 cm³/mol. The lowest BCUT2D eigenvalue weighted by Gasteiger charge is -2.48. The Morgan fingerprint density at radius 2 is 1.97 bits per heavy atom. The maximum atomic E-state index is 14.0. The molecule has 0 radical (unpaired) electrons. The fourth-order valence-corrected chi connectivity index (χ4v) is 5.35. The van der Waals surface area contributed by atoms with E-state index in [1.54, 1.807) is 25.6 Å². The number of fused-ring (bicyclic) bond motifs is 1. The molecule has 2 saturated heterocycles. The zero-order chi connectivity index (χ0) is 25.6. The molecule has 1 N–H and O–H groups in total. The molecule has 2 atom stereocenters. The van der Waals surface area contributed by atoms with Gasteiger partial charge in [0.15, 0.2) is 0 Å². The summed E-state index contributed by atoms with van der Waals surface area (Å²) in [7, 11) is 1.62. The average molecular weight is 488 g/mol. The highest BCUT2D eigenvalue weighted by Crippen LogP contribution is 2.43. The van der Waals surface area contributed by atoms with Gasteiger partial charge in [-0.15, -0.1) is 0 Å². The van der Waals surface area contributed by atoms with Crippen molar-refractivity contribution in [2.24, 2.45) is 0 Å². The molecule has 1 aromatic heterocycles. The number of aromatic nitrogens is 2. The van der Waals surface area contributed by atoms with E-state index in [0.717, 1.165) is 35.3 Å². The summed E-state index contributed by atoms with van der Waals surface area (Å²) in [6.45, 7) is 6.55. The van der Waals surface area contributed by atoms with Crippen molar-refractivity contribution >= 4 is 17.9 Å². The smallest absolute Gasteiger partial charge is 0.259 e. The van der Waals surface area contributed by atoms with Gasteiger partial charge in [0.25, 0.3) is 5.91 Å². The summed E-state index contributed by atoms with van der Waals surface area (Å²) in [5, 5.41) is 8.91. The topological polar surface area (TPSA) is 74.5 Å². The molecule has 2 aliphatic heterocycles. The highest BCUT2D eigenvalue weighted by Gasteiger charge is 2.52. The van der Waals surface area contributed by atoms with Crippen LogP contribution < -0.4 is 4.74 Å². The van der Waals surface area contributed by atoms with Gasteiger partial charge >= 0.3 is 0 Å². The van der Waals surface area contributed by atoms with Crippen LogP contribution in [0.2, 0.25) is 0 Å². The Kier molecular flexibility index (Phi) is 5.90. The summed E-state index contributed by atoms with van der Waals surface area (Å²) in [5.74, 6) is 0.327. The Hall–Kier alpha value is -3.94. The van der Waals surface area contributed by atoms with Crippen molar-refractivity contribution in [1.82, 2.24) is 19.4 Å². The van der Waals surface area contributed by atoms with Gasteiger partial charge in [0.05, 0.1) is 36.4 Å². The lowest BCUT2D eigenvalue weighted by atomic mass is 9.84. The minimum atomic E-state index is -0.569. The molecule has 8 heteroatoms. The van der Waals surface area contributed by atoms with E-state index >= 15 is 0 Å². The molecule has 186 valence electrons. The number of hydrogen-bond acceptors (Lipinski definition) is 4. The van der Waals surface area contributed by atoms with Crippen LogP contribution in [0.25, 0.3) is 11.8 Å². The number of benzene rings is 2. The van der Waals surface area contributed by atoms with E-state index in [9.17, 15) is 9.18 Å². The van der Waals surface area contributed by atoms with Crippen LogP contribution in [0.4, 0.5) is 4.39 Å². The van der Waals surface area contributed by atoms with Gasteiger partial charge in [0, 0.05) is 18.3 Å². The van der Waals surface area contributed by atoms with Crippen LogP contribution in [0.1, 0.15) is 49.6 Å². The van der Waals surface area contributed by atoms with Crippen molar-refractivity contribution in [3.05, 3.63) is 83.2 Å². The van der Waals surface area contributed by atoms with Crippen molar-refractivity contribution in [3.63, 3.8) is 0 Å². The second kappa shape index (κ2) is 8.93. The average Bonchev–Trinajstić information content (AvgIpc) is 3.48. The van der Waals surface area contributed by atoms with Crippen molar-refractivity contribution in [2.45, 2.75) is 45.2 Å². The van der Waals surface area contributed by atoms with Crippen LogP contribution in [0.3, 0.4) is 0 Å². The number of methoxy groups -OCH3 is 1. The Balaban J connectivity index is 1.56. The second-order valence-corrected chi connectivity index (χ2v) is 9.67. The number of imidazole rings is 1. The van der Waals surface area contributed by atoms with Gasteiger partial charge in [-0.25, -0.2) is 9.37 Å². The number of rotatable bonds is 5. The van der Waals surface area contributed by atoms with Crippen LogP contribution >= 0.6 is 0 Å². The van der Waals surface area contributed by atoms with E-state index < -0.39 is 11.6 Å². The van der Waals surface area contributed by atoms with Gasteiger partial charge in [-0.05, 0) is 75.1 Å². The third-order valence-electron chi connectivity index (χ3n) is 7.40. The van der Waals surface area contributed by atoms with Gasteiger partial charge in [0.1, 0.15) is 11.6 Å². The quantitative estimate of drug-likeness (QED) is 0.508. The number of guanidine groups is 1. The summed E-state index contributed by atoms with van der Waals surface area (Å²) in [4.78, 5) is 21.8. The Bertz CT molecular complexity index is 1360. The molecule has 7 nitrogen and oxygen atoms in total. The van der Waals surface area contributed by atoms with Crippen LogP contribution in [-0.4, -0.2) is 50.4 Å². The zero-order valence-electron chi connectivity index (χ0n) is 21.0. The largest absolute Gasteiger partial charge is 0.495 e. The van der Waals surface area contributed by atoms with E-state index in [4.69, 9.17) is 10.1 Å². The molecule has 36 heavy (non-hydrogen) atoms. The molecule has 3 heterocycles. The number of aryl methyl sites for hydroxylation is 1. The predicted octanol–water partition coefficient (Wildman–Crippen LogP) is 5.10. The number of carbonyl (C=O) groups is 1. The summed E-state index contributed by atoms with van der Waals surface area (Å²) >= 11 is 0. The summed E-state index contributed by atoms with van der Waals surface area (Å²) in [5.41, 5.74) is 3.45. The summed E-state index contributed by atoms with van der Waals surface area (Å²) in [6.07, 6.45) is 7.27. The summed E-state index contributed by atoms with van der Waals surface area (Å²) < 4.78 is 21.1. The molecule has 0 aliphatic carbocycles. The van der Waals surface area contributed by atoms with E-state index in [0.29, 0.717) is 17.9 Å². The number of amides is 1. The fourth-order valence-electron chi connectivity index (χ4n) is 5.35. The van der Waals surface area contributed by atoms with E-state index in [2.05, 4.69) is 4.98 Å². The van der Waals surface area contributed by atoms with Crippen molar-refractivity contribution < 1.29 is 13.9 Å². The number of ether oxygens (including phenoxy) is 1. The molecule has 5 rings (SSSR count). The molecule has 2 unspecified atom stereocenters. The van der Waals surface area contributed by atoms with E-state index in [1.165, 1.54) is 17.0 Å². The molecule has 2 aliphatic rings. The summed E-state index contributed by atoms with van der Waals surface area (Å²) in [6, 6.07) is 11.5. The van der Waals surface area contributed by atoms with Gasteiger partial charge in [-0.1, -0.05) is 18.2 Å². The SMILES string of the molecule is COc1cc(C=C2C(=O)N(C(C)c3ccc(F)cc3)C(=N)N3CCCC23C)ccc1-n1cnc(C)c1. The van der Waals surface area contributed by atoms with E-state index in [-0.39, 0.29) is 17.7 Å². The third-order valence-corrected chi connectivity index (χ3v) is 7.40. The molecular weight excluding hydrogens is 457 g/mol. The fraction of sp³-hybridized carbons (Fsp3) is 0.321. The molecular formula is C28H30FN5O2. The first-order valence-corrected chi connectivity index (χ1v) is 12.1. The molecule has 0 saturated carbocycles.